The highest BCUT2D eigenvalue weighted by Crippen LogP contribution is 2.31. The van der Waals surface area contributed by atoms with Crippen molar-refractivity contribution in [3.05, 3.63) is 45.1 Å². The lowest BCUT2D eigenvalue weighted by molar-refractivity contribution is 0.0601. The van der Waals surface area contributed by atoms with Gasteiger partial charge in [0.1, 0.15) is 0 Å². The molecule has 2 rings (SSSR count). The maximum absolute atomic E-state index is 12.0. The fourth-order valence-electron chi connectivity index (χ4n) is 2.52. The summed E-state index contributed by atoms with van der Waals surface area (Å²) in [5, 5.41) is 8.40. The molecular formula is C17H22N2O4S2. The molecule has 0 spiro atoms. The fraction of sp³-hybridized carbons (Fsp3) is 0.353. The lowest BCUT2D eigenvalue weighted by Crippen LogP contribution is -2.15. The Balaban J connectivity index is 2.38. The molecule has 0 fully saturated rings. The maximum Gasteiger partial charge on any atom is 0.340 e. The average Bonchev–Trinajstić information content (AvgIpc) is 2.94. The summed E-state index contributed by atoms with van der Waals surface area (Å²) in [5.74, 6) is -0.628. The number of methoxy groups -OCH3 is 1. The number of esters is 1. The van der Waals surface area contributed by atoms with Gasteiger partial charge in [-0.3, -0.25) is 0 Å². The Morgan fingerprint density at radius 1 is 1.36 bits per heavy atom. The van der Waals surface area contributed by atoms with Crippen molar-refractivity contribution in [3.8, 4) is 0 Å². The van der Waals surface area contributed by atoms with Gasteiger partial charge < -0.3 is 10.1 Å². The first-order valence-electron chi connectivity index (χ1n) is 7.78. The molecule has 25 heavy (non-hydrogen) atoms. The van der Waals surface area contributed by atoms with Crippen LogP contribution in [0.3, 0.4) is 0 Å². The first-order chi connectivity index (χ1) is 11.7. The van der Waals surface area contributed by atoms with Crippen LogP contribution in [0.25, 0.3) is 0 Å². The first-order valence-corrected chi connectivity index (χ1v) is 10.1. The van der Waals surface area contributed by atoms with Crippen molar-refractivity contribution in [2.45, 2.75) is 38.1 Å². The molecule has 0 bridgehead atoms. The van der Waals surface area contributed by atoms with Gasteiger partial charge in [-0.15, -0.1) is 11.3 Å². The number of carbonyl (C=O) groups excluding carboxylic acids is 1. The quantitative estimate of drug-likeness (QED) is 0.748. The molecule has 0 aliphatic carbocycles. The number of hydrogen-bond donors (Lipinski definition) is 2. The van der Waals surface area contributed by atoms with Crippen molar-refractivity contribution >= 4 is 33.0 Å². The molecule has 3 N–H and O–H groups in total. The zero-order chi connectivity index (χ0) is 18.8. The summed E-state index contributed by atoms with van der Waals surface area (Å²) in [6.45, 7) is 6.17. The van der Waals surface area contributed by atoms with E-state index in [4.69, 9.17) is 9.88 Å². The molecule has 0 radical (unpaired) electrons. The Kier molecular flexibility index (Phi) is 5.87. The van der Waals surface area contributed by atoms with Crippen LogP contribution in [-0.4, -0.2) is 21.5 Å². The smallest absolute Gasteiger partial charge is 0.340 e. The number of rotatable bonds is 6. The lowest BCUT2D eigenvalue weighted by atomic mass is 10.1. The van der Waals surface area contributed by atoms with E-state index in [-0.39, 0.29) is 16.5 Å². The highest BCUT2D eigenvalue weighted by molar-refractivity contribution is 7.89. The van der Waals surface area contributed by atoms with Gasteiger partial charge in [0.2, 0.25) is 10.0 Å². The van der Waals surface area contributed by atoms with E-state index in [2.05, 4.69) is 25.2 Å². The summed E-state index contributed by atoms with van der Waals surface area (Å²) in [7, 11) is -2.66. The van der Waals surface area contributed by atoms with E-state index >= 15 is 0 Å². The summed E-state index contributed by atoms with van der Waals surface area (Å²) in [5.41, 5.74) is 1.87. The SMILES string of the molecule is CCc1sc(C(C)Nc2ccc(S(N)(=O)=O)cc2C(=O)OC)cc1C. The Morgan fingerprint density at radius 3 is 2.56 bits per heavy atom. The van der Waals surface area contributed by atoms with Crippen molar-refractivity contribution in [1.82, 2.24) is 0 Å². The summed E-state index contributed by atoms with van der Waals surface area (Å²) >= 11 is 1.72. The van der Waals surface area contributed by atoms with Crippen LogP contribution in [0, 0.1) is 6.92 Å². The first kappa shape index (κ1) is 19.4. The third-order valence-electron chi connectivity index (χ3n) is 3.88. The van der Waals surface area contributed by atoms with Crippen molar-refractivity contribution in [3.63, 3.8) is 0 Å². The van der Waals surface area contributed by atoms with E-state index in [1.807, 2.05) is 6.92 Å². The maximum atomic E-state index is 12.0. The molecule has 0 saturated carbocycles. The van der Waals surface area contributed by atoms with Gasteiger partial charge in [0.25, 0.3) is 0 Å². The summed E-state index contributed by atoms with van der Waals surface area (Å²) in [4.78, 5) is 14.4. The minimum atomic E-state index is -3.90. The Bertz CT molecular complexity index is 888. The second kappa shape index (κ2) is 7.55. The molecule has 0 aliphatic heterocycles. The number of hydrogen-bond acceptors (Lipinski definition) is 6. The van der Waals surface area contributed by atoms with Gasteiger partial charge in [0.05, 0.1) is 23.6 Å². The van der Waals surface area contributed by atoms with Gasteiger partial charge in [0, 0.05) is 15.4 Å². The molecule has 0 saturated heterocycles. The van der Waals surface area contributed by atoms with Crippen molar-refractivity contribution in [2.24, 2.45) is 5.14 Å². The minimum absolute atomic E-state index is 0.0484. The molecule has 8 heteroatoms. The summed E-state index contributed by atoms with van der Waals surface area (Å²) < 4.78 is 27.8. The fourth-order valence-corrected chi connectivity index (χ4v) is 4.18. The van der Waals surface area contributed by atoms with Crippen LogP contribution in [0.1, 0.15) is 45.6 Å². The molecule has 0 amide bonds. The number of aryl methyl sites for hydroxylation is 2. The zero-order valence-electron chi connectivity index (χ0n) is 14.6. The molecule has 1 aromatic heterocycles. The lowest BCUT2D eigenvalue weighted by Gasteiger charge is -2.17. The van der Waals surface area contributed by atoms with Gasteiger partial charge in [-0.2, -0.15) is 0 Å². The Hall–Kier alpha value is -1.90. The number of sulfonamides is 1. The van der Waals surface area contributed by atoms with E-state index in [9.17, 15) is 13.2 Å². The van der Waals surface area contributed by atoms with Gasteiger partial charge in [-0.1, -0.05) is 6.92 Å². The van der Waals surface area contributed by atoms with Crippen LogP contribution < -0.4 is 10.5 Å². The molecule has 1 heterocycles. The Labute approximate surface area is 152 Å². The van der Waals surface area contributed by atoms with E-state index < -0.39 is 16.0 Å². The number of thiophene rings is 1. The predicted octanol–water partition coefficient (Wildman–Crippen LogP) is 3.23. The molecule has 1 atom stereocenters. The third-order valence-corrected chi connectivity index (χ3v) is 6.36. The van der Waals surface area contributed by atoms with E-state index in [1.165, 1.54) is 35.7 Å². The van der Waals surface area contributed by atoms with Crippen molar-refractivity contribution < 1.29 is 17.9 Å². The van der Waals surface area contributed by atoms with E-state index in [0.717, 1.165) is 11.3 Å². The van der Waals surface area contributed by atoms with Crippen molar-refractivity contribution in [2.75, 3.05) is 12.4 Å². The van der Waals surface area contributed by atoms with Crippen LogP contribution >= 0.6 is 11.3 Å². The third kappa shape index (κ3) is 4.39. The van der Waals surface area contributed by atoms with Crippen LogP contribution in [0.15, 0.2) is 29.2 Å². The Morgan fingerprint density at radius 2 is 2.04 bits per heavy atom. The minimum Gasteiger partial charge on any atom is -0.465 e. The molecule has 0 aliphatic rings. The molecule has 6 nitrogen and oxygen atoms in total. The number of primary sulfonamides is 1. The highest BCUT2D eigenvalue weighted by Gasteiger charge is 2.19. The normalized spacial score (nSPS) is 12.7. The molecule has 2 aromatic rings. The molecule has 136 valence electrons. The second-order valence-electron chi connectivity index (χ2n) is 5.72. The van der Waals surface area contributed by atoms with Crippen LogP contribution in [-0.2, 0) is 21.2 Å². The van der Waals surface area contributed by atoms with Gasteiger partial charge in [0.15, 0.2) is 0 Å². The number of benzene rings is 1. The predicted molar refractivity (Wildman–Crippen MR) is 99.6 cm³/mol. The van der Waals surface area contributed by atoms with Gasteiger partial charge in [-0.05, 0) is 50.1 Å². The van der Waals surface area contributed by atoms with Crippen LogP contribution in [0.4, 0.5) is 5.69 Å². The molecular weight excluding hydrogens is 360 g/mol. The second-order valence-corrected chi connectivity index (χ2v) is 8.45. The zero-order valence-corrected chi connectivity index (χ0v) is 16.3. The standard InChI is InChI=1S/C17H22N2O4S2/c1-5-15-10(2)8-16(24-15)11(3)19-14-7-6-12(25(18,21)22)9-13(14)17(20)23-4/h6-9,11,19H,5H2,1-4H3,(H2,18,21,22). The van der Waals surface area contributed by atoms with E-state index in [0.29, 0.717) is 5.69 Å². The number of nitrogens with two attached hydrogens (primary N) is 1. The molecule has 1 aromatic carbocycles. The molecule has 1 unspecified atom stereocenters. The number of nitrogens with one attached hydrogen (secondary N) is 1. The monoisotopic (exact) mass is 382 g/mol. The largest absolute Gasteiger partial charge is 0.465 e. The topological polar surface area (TPSA) is 98.5 Å². The van der Waals surface area contributed by atoms with Gasteiger partial charge in [-0.25, -0.2) is 18.4 Å². The average molecular weight is 383 g/mol. The van der Waals surface area contributed by atoms with Crippen molar-refractivity contribution in [1.29, 1.82) is 0 Å². The number of anilines is 1. The van der Waals surface area contributed by atoms with Gasteiger partial charge >= 0.3 is 5.97 Å². The van der Waals surface area contributed by atoms with Crippen LogP contribution in [0.2, 0.25) is 0 Å². The van der Waals surface area contributed by atoms with Crippen LogP contribution in [0.5, 0.6) is 0 Å². The number of ether oxygens (including phenoxy) is 1. The summed E-state index contributed by atoms with van der Waals surface area (Å²) in [6.07, 6.45) is 0.972. The van der Waals surface area contributed by atoms with E-state index in [1.54, 1.807) is 11.3 Å². The highest BCUT2D eigenvalue weighted by atomic mass is 32.2. The number of carbonyl (C=O) groups is 1. The summed E-state index contributed by atoms with van der Waals surface area (Å²) in [6, 6.07) is 6.20.